The summed E-state index contributed by atoms with van der Waals surface area (Å²) in [6.07, 6.45) is -1.25. The van der Waals surface area contributed by atoms with E-state index in [1.54, 1.807) is 0 Å². The molecule has 1 aliphatic rings. The van der Waals surface area contributed by atoms with Crippen molar-refractivity contribution in [2.45, 2.75) is 38.1 Å². The lowest BCUT2D eigenvalue weighted by Gasteiger charge is -2.23. The Labute approximate surface area is 129 Å². The van der Waals surface area contributed by atoms with Crippen molar-refractivity contribution in [1.29, 1.82) is 0 Å². The fraction of sp³-hybridized carbons (Fsp3) is 0.462. The molecule has 1 aliphatic heterocycles. The molecule has 2 aromatic heterocycles. The monoisotopic (exact) mass is 331 g/mol. The van der Waals surface area contributed by atoms with E-state index in [0.717, 1.165) is 24.7 Å². The fourth-order valence-electron chi connectivity index (χ4n) is 2.41. The van der Waals surface area contributed by atoms with Gasteiger partial charge in [0.2, 0.25) is 0 Å². The molecule has 1 atom stereocenters. The van der Waals surface area contributed by atoms with Crippen LogP contribution in [0.1, 0.15) is 23.5 Å². The number of nitrogens with zero attached hydrogens (tertiary/aromatic N) is 4. The van der Waals surface area contributed by atoms with E-state index >= 15 is 0 Å². The molecule has 0 spiro atoms. The van der Waals surface area contributed by atoms with Gasteiger partial charge in [-0.25, -0.2) is 14.6 Å². The summed E-state index contributed by atoms with van der Waals surface area (Å²) in [5.41, 5.74) is -0.440. The number of hydrogen-bond acceptors (Lipinski definition) is 4. The number of aryl methyl sites for hydroxylation is 1. The first kappa shape index (κ1) is 15.2. The predicted octanol–water partition coefficient (Wildman–Crippen LogP) is 2.45. The molecular weight excluding hydrogens is 319 g/mol. The Hall–Kier alpha value is -1.67. The molecule has 0 fully saturated rings. The molecule has 0 saturated heterocycles. The molecule has 1 N–H and O–H groups in total. The molecule has 9 heteroatoms. The van der Waals surface area contributed by atoms with Crippen LogP contribution in [0.5, 0.6) is 0 Å². The lowest BCUT2D eigenvalue weighted by Crippen LogP contribution is -2.37. The van der Waals surface area contributed by atoms with Gasteiger partial charge in [0.25, 0.3) is 0 Å². The maximum Gasteiger partial charge on any atom is 0.433 e. The highest BCUT2D eigenvalue weighted by Gasteiger charge is 2.32. The average molecular weight is 332 g/mol. The van der Waals surface area contributed by atoms with E-state index in [0.29, 0.717) is 18.7 Å². The van der Waals surface area contributed by atoms with Crippen molar-refractivity contribution in [3.63, 3.8) is 0 Å². The van der Waals surface area contributed by atoms with E-state index in [4.69, 9.17) is 11.6 Å². The first-order valence-electron chi connectivity index (χ1n) is 6.76. The van der Waals surface area contributed by atoms with Gasteiger partial charge in [-0.2, -0.15) is 18.3 Å². The van der Waals surface area contributed by atoms with Crippen LogP contribution in [0.4, 0.5) is 13.2 Å². The molecule has 0 aliphatic carbocycles. The predicted molar refractivity (Wildman–Crippen MR) is 73.2 cm³/mol. The van der Waals surface area contributed by atoms with Crippen LogP contribution in [0.25, 0.3) is 0 Å². The second-order valence-corrected chi connectivity index (χ2v) is 5.48. The molecule has 1 unspecified atom stereocenters. The van der Waals surface area contributed by atoms with Crippen LogP contribution < -0.4 is 5.32 Å². The largest absolute Gasteiger partial charge is 0.433 e. The number of halogens is 4. The highest BCUT2D eigenvalue weighted by molar-refractivity contribution is 6.30. The summed E-state index contributed by atoms with van der Waals surface area (Å²) in [5.74, 6) is 0.951. The van der Waals surface area contributed by atoms with Crippen LogP contribution in [-0.4, -0.2) is 25.8 Å². The number of hydrogen-bond donors (Lipinski definition) is 1. The van der Waals surface area contributed by atoms with Crippen LogP contribution in [-0.2, 0) is 25.7 Å². The third kappa shape index (κ3) is 3.22. The number of rotatable bonds is 3. The molecule has 0 amide bonds. The quantitative estimate of drug-likeness (QED) is 0.878. The summed E-state index contributed by atoms with van der Waals surface area (Å²) >= 11 is 5.84. The Kier molecular flexibility index (Phi) is 4.05. The number of fused-ring (bicyclic) bond motifs is 1. The van der Waals surface area contributed by atoms with Crippen molar-refractivity contribution >= 4 is 11.6 Å². The molecule has 0 saturated carbocycles. The summed E-state index contributed by atoms with van der Waals surface area (Å²) in [6.45, 7) is 1.04. The van der Waals surface area contributed by atoms with Gasteiger partial charge < -0.3 is 5.32 Å². The summed E-state index contributed by atoms with van der Waals surface area (Å²) < 4.78 is 39.4. The highest BCUT2D eigenvalue weighted by atomic mass is 35.5. The summed E-state index contributed by atoms with van der Waals surface area (Å²) in [6, 6.07) is 2.47. The zero-order valence-corrected chi connectivity index (χ0v) is 12.2. The average Bonchev–Trinajstić information content (AvgIpc) is 2.92. The van der Waals surface area contributed by atoms with E-state index in [2.05, 4.69) is 20.4 Å². The highest BCUT2D eigenvalue weighted by Crippen LogP contribution is 2.29. The molecular formula is C13H13ClF3N5. The topological polar surface area (TPSA) is 55.6 Å². The van der Waals surface area contributed by atoms with Crippen LogP contribution in [0.2, 0.25) is 5.15 Å². The van der Waals surface area contributed by atoms with Gasteiger partial charge >= 0.3 is 6.18 Å². The maximum absolute atomic E-state index is 12.5. The molecule has 3 rings (SSSR count). The Morgan fingerprint density at radius 2 is 2.18 bits per heavy atom. The van der Waals surface area contributed by atoms with Crippen LogP contribution in [0.3, 0.4) is 0 Å². The minimum atomic E-state index is -4.48. The van der Waals surface area contributed by atoms with E-state index in [-0.39, 0.29) is 11.2 Å². The van der Waals surface area contributed by atoms with Crippen LogP contribution in [0.15, 0.2) is 18.5 Å². The lowest BCUT2D eigenvalue weighted by molar-refractivity contribution is -0.141. The molecule has 0 bridgehead atoms. The van der Waals surface area contributed by atoms with Gasteiger partial charge in [-0.05, 0) is 12.5 Å². The van der Waals surface area contributed by atoms with E-state index in [1.807, 2.05) is 4.68 Å². The minimum absolute atomic E-state index is 0.125. The van der Waals surface area contributed by atoms with Crippen molar-refractivity contribution < 1.29 is 13.2 Å². The summed E-state index contributed by atoms with van der Waals surface area (Å²) in [7, 11) is 0. The van der Waals surface area contributed by atoms with E-state index < -0.39 is 11.9 Å². The van der Waals surface area contributed by atoms with Crippen LogP contribution in [0, 0.1) is 0 Å². The number of alkyl halides is 3. The van der Waals surface area contributed by atoms with Crippen molar-refractivity contribution in [2.24, 2.45) is 0 Å². The third-order valence-corrected chi connectivity index (χ3v) is 3.93. The molecule has 3 heterocycles. The standard InChI is InChI=1S/C13H13ClF3N5/c14-12-8(1-3-10(21-12)13(15,16)17)5-18-9-2-4-11-19-7-20-22(11)6-9/h1,3,7,9,18H,2,4-6H2. The van der Waals surface area contributed by atoms with Gasteiger partial charge in [0.05, 0.1) is 6.54 Å². The fourth-order valence-corrected chi connectivity index (χ4v) is 2.63. The summed E-state index contributed by atoms with van der Waals surface area (Å²) in [4.78, 5) is 7.55. The first-order valence-corrected chi connectivity index (χ1v) is 7.14. The third-order valence-electron chi connectivity index (χ3n) is 3.60. The SMILES string of the molecule is FC(F)(F)c1ccc(CNC2CCc3ncnn3C2)c(Cl)n1. The molecule has 2 aromatic rings. The first-order chi connectivity index (χ1) is 10.4. The molecule has 118 valence electrons. The summed E-state index contributed by atoms with van der Waals surface area (Å²) in [5, 5.41) is 7.27. The number of nitrogens with one attached hydrogen (secondary N) is 1. The number of aromatic nitrogens is 4. The molecule has 5 nitrogen and oxygen atoms in total. The molecule has 0 radical (unpaired) electrons. The van der Waals surface area contributed by atoms with E-state index in [9.17, 15) is 13.2 Å². The second kappa shape index (κ2) is 5.85. The van der Waals surface area contributed by atoms with Gasteiger partial charge in [0.1, 0.15) is 23.0 Å². The zero-order chi connectivity index (χ0) is 15.7. The number of pyridine rings is 1. The van der Waals surface area contributed by atoms with Crippen molar-refractivity contribution in [2.75, 3.05) is 0 Å². The van der Waals surface area contributed by atoms with Crippen molar-refractivity contribution in [1.82, 2.24) is 25.1 Å². The smallest absolute Gasteiger partial charge is 0.308 e. The van der Waals surface area contributed by atoms with Gasteiger partial charge in [-0.1, -0.05) is 17.7 Å². The van der Waals surface area contributed by atoms with Gasteiger partial charge in [0, 0.05) is 24.6 Å². The minimum Gasteiger partial charge on any atom is -0.308 e. The Morgan fingerprint density at radius 1 is 1.36 bits per heavy atom. The Balaban J connectivity index is 1.63. The lowest BCUT2D eigenvalue weighted by atomic mass is 10.1. The van der Waals surface area contributed by atoms with Crippen molar-refractivity contribution in [3.8, 4) is 0 Å². The van der Waals surface area contributed by atoms with Crippen molar-refractivity contribution in [3.05, 3.63) is 40.7 Å². The normalized spacial score (nSPS) is 18.3. The van der Waals surface area contributed by atoms with Crippen LogP contribution >= 0.6 is 11.6 Å². The Bertz CT molecular complexity index is 670. The second-order valence-electron chi connectivity index (χ2n) is 5.12. The van der Waals surface area contributed by atoms with Gasteiger partial charge in [-0.15, -0.1) is 0 Å². The zero-order valence-electron chi connectivity index (χ0n) is 11.4. The van der Waals surface area contributed by atoms with Gasteiger partial charge in [-0.3, -0.25) is 0 Å². The van der Waals surface area contributed by atoms with Gasteiger partial charge in [0.15, 0.2) is 0 Å². The molecule has 0 aromatic carbocycles. The molecule has 22 heavy (non-hydrogen) atoms. The van der Waals surface area contributed by atoms with E-state index in [1.165, 1.54) is 12.4 Å². The maximum atomic E-state index is 12.5. The Morgan fingerprint density at radius 3 is 2.91 bits per heavy atom.